The Morgan fingerprint density at radius 3 is 2.31 bits per heavy atom. The van der Waals surface area contributed by atoms with Crippen LogP contribution < -0.4 is 37.5 Å². The molecule has 20 nitrogen and oxygen atoms in total. The second-order valence-electron chi connectivity index (χ2n) is 11.5. The van der Waals surface area contributed by atoms with Crippen LogP contribution in [0.4, 0.5) is 11.4 Å². The van der Waals surface area contributed by atoms with E-state index in [1.165, 1.54) is 0 Å². The molecule has 1 fully saturated rings. The lowest BCUT2D eigenvalue weighted by Gasteiger charge is -2.21. The Morgan fingerprint density at radius 1 is 1.02 bits per heavy atom. The van der Waals surface area contributed by atoms with Crippen molar-refractivity contribution >= 4 is 62.6 Å². The van der Waals surface area contributed by atoms with Crippen LogP contribution in [-0.2, 0) is 42.9 Å². The Kier molecular flexibility index (Phi) is 11.9. The van der Waals surface area contributed by atoms with Gasteiger partial charge in [-0.15, -0.1) is 0 Å². The number of pyridine rings is 1. The van der Waals surface area contributed by atoms with Gasteiger partial charge in [0.25, 0.3) is 13.4 Å². The number of phosphoric ester groups is 1. The van der Waals surface area contributed by atoms with E-state index in [1.54, 1.807) is 0 Å². The number of carbonyl (C=O) groups excluding carboxylic acids is 1. The number of rotatable bonds is 13. The van der Waals surface area contributed by atoms with E-state index >= 15 is 0 Å². The first kappa shape index (κ1) is 39.0. The summed E-state index contributed by atoms with van der Waals surface area (Å²) < 4.78 is 54.5. The Hall–Kier alpha value is -4.21. The molecule has 1 saturated heterocycles. The number of aryl methyl sites for hydroxylation is 1. The molecule has 278 valence electrons. The molecule has 1 aliphatic rings. The third kappa shape index (κ3) is 10.4. The number of aromatic amines is 1. The number of nitrogens with two attached hydrogens (primary N) is 2. The lowest BCUT2D eigenvalue weighted by Crippen LogP contribution is -2.36. The number of benzene rings is 2. The maximum absolute atomic E-state index is 12.6. The van der Waals surface area contributed by atoms with Crippen LogP contribution in [0.15, 0.2) is 58.3 Å². The van der Waals surface area contributed by atoms with Crippen molar-refractivity contribution in [3.63, 3.8) is 0 Å². The summed E-state index contributed by atoms with van der Waals surface area (Å²) in [5, 5.41) is 4.64. The highest BCUT2D eigenvalue weighted by atomic mass is 31.3. The second kappa shape index (κ2) is 15.8. The predicted molar refractivity (Wildman–Crippen MR) is 182 cm³/mol. The number of nitrogen functional groups attached to an aromatic ring is 2. The van der Waals surface area contributed by atoms with Gasteiger partial charge in [0, 0.05) is 53.3 Å². The lowest BCUT2D eigenvalue weighted by atomic mass is 10.1. The Bertz CT molecular complexity index is 2290. The number of hydrogen-bond acceptors (Lipinski definition) is 13. The van der Waals surface area contributed by atoms with Gasteiger partial charge in [-0.2, -0.15) is 8.88 Å². The van der Waals surface area contributed by atoms with Crippen molar-refractivity contribution in [3.05, 3.63) is 75.1 Å². The molecule has 2 aromatic carbocycles. The fourth-order valence-corrected chi connectivity index (χ4v) is 8.44. The van der Waals surface area contributed by atoms with Crippen molar-refractivity contribution in [1.29, 1.82) is 0 Å². The maximum atomic E-state index is 12.6. The van der Waals surface area contributed by atoms with Crippen molar-refractivity contribution in [3.8, 4) is 11.8 Å². The van der Waals surface area contributed by atoms with Crippen LogP contribution in [0.3, 0.4) is 0 Å². The molecule has 9 N–H and O–H groups in total. The normalized spacial score (nSPS) is 19.3. The highest BCUT2D eigenvalue weighted by Gasteiger charge is 2.39. The Balaban J connectivity index is 1.14. The summed E-state index contributed by atoms with van der Waals surface area (Å²) in [7, 11) is -17.0. The average molecular weight is 783 g/mol. The molecule has 2 aromatic heterocycles. The highest BCUT2D eigenvalue weighted by Crippen LogP contribution is 2.65. The van der Waals surface area contributed by atoms with Crippen LogP contribution >= 0.6 is 23.5 Å². The topological polar surface area (TPSA) is 312 Å². The molecule has 0 aliphatic carbocycles. The minimum Gasteiger partial charge on any atom is -0.756 e. The Labute approximate surface area is 293 Å². The van der Waals surface area contributed by atoms with Crippen molar-refractivity contribution in [2.75, 3.05) is 24.6 Å². The lowest BCUT2D eigenvalue weighted by molar-refractivity contribution is -0.645. The predicted octanol–water partition coefficient (Wildman–Crippen LogP) is 0.632. The van der Waals surface area contributed by atoms with Crippen molar-refractivity contribution in [2.24, 2.45) is 0 Å². The highest BCUT2D eigenvalue weighted by molar-refractivity contribution is 7.66. The number of nitrogens with one attached hydrogen (secondary N) is 2. The first-order valence-corrected chi connectivity index (χ1v) is 19.8. The van der Waals surface area contributed by atoms with Gasteiger partial charge in [-0.05, 0) is 43.2 Å². The number of hydrogen-bond donors (Lipinski definition) is 7. The maximum Gasteiger partial charge on any atom is 0.487 e. The van der Waals surface area contributed by atoms with E-state index in [1.807, 2.05) is 42.5 Å². The molecule has 1 amide bonds. The summed E-state index contributed by atoms with van der Waals surface area (Å²) in [4.78, 5) is 77.6. The molecular formula is C29H33N6O14P3. The van der Waals surface area contributed by atoms with E-state index in [4.69, 9.17) is 21.1 Å². The fourth-order valence-electron chi connectivity index (χ4n) is 5.42. The van der Waals surface area contributed by atoms with Gasteiger partial charge in [-0.1, -0.05) is 11.8 Å². The number of amides is 1. The van der Waals surface area contributed by atoms with Crippen molar-refractivity contribution < 1.29 is 60.5 Å². The van der Waals surface area contributed by atoms with E-state index in [0.29, 0.717) is 24.3 Å². The van der Waals surface area contributed by atoms with Gasteiger partial charge in [0.05, 0.1) is 19.3 Å². The number of ether oxygens (including phenoxy) is 1. The van der Waals surface area contributed by atoms with E-state index in [9.17, 15) is 42.8 Å². The van der Waals surface area contributed by atoms with Crippen molar-refractivity contribution in [2.45, 2.75) is 44.6 Å². The molecule has 0 spiro atoms. The van der Waals surface area contributed by atoms with Gasteiger partial charge in [-0.25, -0.2) is 18.2 Å². The minimum atomic E-state index is -5.80. The van der Waals surface area contributed by atoms with Crippen LogP contribution in [0.1, 0.15) is 37.5 Å². The average Bonchev–Trinajstić information content (AvgIpc) is 3.50. The number of anilines is 2. The molecule has 1 aliphatic heterocycles. The zero-order valence-corrected chi connectivity index (χ0v) is 29.6. The molecule has 52 heavy (non-hydrogen) atoms. The zero-order valence-electron chi connectivity index (χ0n) is 26.9. The third-order valence-corrected chi connectivity index (χ3v) is 11.4. The van der Waals surface area contributed by atoms with E-state index in [0.717, 1.165) is 32.6 Å². The van der Waals surface area contributed by atoms with E-state index < -0.39 is 53.7 Å². The fraction of sp³-hybridized carbons (Fsp3) is 0.310. The van der Waals surface area contributed by atoms with Gasteiger partial charge < -0.3 is 41.1 Å². The van der Waals surface area contributed by atoms with Crippen LogP contribution in [0.5, 0.6) is 0 Å². The van der Waals surface area contributed by atoms with Crippen LogP contribution in [0.2, 0.25) is 0 Å². The summed E-state index contributed by atoms with van der Waals surface area (Å²) in [6.45, 7) is -0.325. The quantitative estimate of drug-likeness (QED) is 0.0322. The molecule has 0 bridgehead atoms. The second-order valence-corrected chi connectivity index (χ2v) is 15.9. The van der Waals surface area contributed by atoms with Gasteiger partial charge in [0.2, 0.25) is 16.9 Å². The molecule has 3 heterocycles. The van der Waals surface area contributed by atoms with Gasteiger partial charge >= 0.3 is 21.3 Å². The van der Waals surface area contributed by atoms with Crippen LogP contribution in [-0.4, -0.2) is 49.4 Å². The van der Waals surface area contributed by atoms with Crippen molar-refractivity contribution in [1.82, 2.24) is 14.9 Å². The van der Waals surface area contributed by atoms with E-state index in [-0.39, 0.29) is 37.3 Å². The Morgan fingerprint density at radius 2 is 1.67 bits per heavy atom. The molecule has 23 heteroatoms. The monoisotopic (exact) mass is 782 g/mol. The molecule has 5 rings (SSSR count). The summed E-state index contributed by atoms with van der Waals surface area (Å²) in [6.07, 6.45) is 0.128. The summed E-state index contributed by atoms with van der Waals surface area (Å²) in [5.41, 5.74) is 13.3. The van der Waals surface area contributed by atoms with E-state index in [2.05, 4.69) is 39.9 Å². The summed E-state index contributed by atoms with van der Waals surface area (Å²) in [5.74, 6) is 4.99. The van der Waals surface area contributed by atoms with Gasteiger partial charge in [0.1, 0.15) is 18.3 Å². The molecule has 0 saturated carbocycles. The molecule has 0 radical (unpaired) electrons. The smallest absolute Gasteiger partial charge is 0.487 e. The largest absolute Gasteiger partial charge is 0.756 e. The first-order chi connectivity index (χ1) is 24.4. The molecule has 4 aromatic rings. The standard InChI is InChI=1S/C29H33N6O14P3/c30-21-7-5-18-13-19-6-8-22(31)15-25(19)34(24(18)14-21)12-2-4-26(36)32-11-1-3-20-16-35(29(38)33-28(20)37)27-10-9-23(47-27)17-46-51(42,43)49-52(44,45)48-50(39,40)41/h5-8,13-16,23,27H,2,4,9-12,17H2,(H9,30,31,32,33,36,37,38,39,40,41,42,43,44,45). The number of fused-ring (bicyclic) bond motifs is 2. The number of phosphoric acid groups is 3. The van der Waals surface area contributed by atoms with Crippen LogP contribution in [0, 0.1) is 11.8 Å². The SMILES string of the molecule is Nc1ccc2cc3ccc(N)cc3[n+](CCCC(=O)NCC#Cc3cn(C4CCC(COP(=O)(O)OP(=O)(O)OP(=O)([O-])O)O4)c(=O)[nH]c3=O)c2c1. The third-order valence-electron chi connectivity index (χ3n) is 7.58. The van der Waals surface area contributed by atoms with Gasteiger partial charge in [-0.3, -0.25) is 28.2 Å². The van der Waals surface area contributed by atoms with Gasteiger partial charge in [0.15, 0.2) is 0 Å². The summed E-state index contributed by atoms with van der Waals surface area (Å²) in [6, 6.07) is 13.3. The number of carbonyl (C=O) groups is 1. The minimum absolute atomic E-state index is 0.103. The van der Waals surface area contributed by atoms with Crippen LogP contribution in [0.25, 0.3) is 21.8 Å². The molecular weight excluding hydrogens is 749 g/mol. The zero-order chi connectivity index (χ0) is 37.8. The number of nitrogens with zero attached hydrogens (tertiary/aromatic N) is 2. The number of H-pyrrole nitrogens is 1. The summed E-state index contributed by atoms with van der Waals surface area (Å²) >= 11 is 0. The number of aromatic nitrogens is 3. The molecule has 5 unspecified atom stereocenters. The first-order valence-electron chi connectivity index (χ1n) is 15.3. The molecule has 5 atom stereocenters.